The molecular weight excluding hydrogens is 232 g/mol. The molecule has 3 N–H and O–H groups in total. The molecule has 0 saturated carbocycles. The maximum Gasteiger partial charge on any atom is 0.0625 e. The topological polar surface area (TPSA) is 46.2 Å². The van der Waals surface area contributed by atoms with Crippen LogP contribution in [0.25, 0.3) is 0 Å². The molecule has 1 aromatic rings. The third-order valence-electron chi connectivity index (χ3n) is 1.57. The molecule has 0 bridgehead atoms. The van der Waals surface area contributed by atoms with Gasteiger partial charge in [-0.3, -0.25) is 0 Å². The number of benzene rings is 1. The Bertz CT molecular complexity index is 260. The molecule has 0 fully saturated rings. The summed E-state index contributed by atoms with van der Waals surface area (Å²) in [4.78, 5) is 0. The normalized spacial score (nSPS) is 12.0. The molecule has 1 aromatic carbocycles. The van der Waals surface area contributed by atoms with Gasteiger partial charge in [0.2, 0.25) is 0 Å². The lowest BCUT2D eigenvalue weighted by atomic mass is 10.1. The number of nitrogens with two attached hydrogens (primary N) is 1. The second-order valence-electron chi connectivity index (χ2n) is 2.42. The number of aliphatic hydroxyl groups excluding tert-OH is 1. The zero-order valence-corrected chi connectivity index (χ0v) is 9.03. The van der Waals surface area contributed by atoms with Crippen molar-refractivity contribution in [3.63, 3.8) is 0 Å². The van der Waals surface area contributed by atoms with Crippen molar-refractivity contribution < 1.29 is 5.11 Å². The molecule has 0 amide bonds. The average molecular weight is 243 g/mol. The van der Waals surface area contributed by atoms with Gasteiger partial charge in [0.1, 0.15) is 0 Å². The van der Waals surface area contributed by atoms with Crippen LogP contribution in [0.1, 0.15) is 11.6 Å². The van der Waals surface area contributed by atoms with E-state index in [1.165, 1.54) is 0 Å². The van der Waals surface area contributed by atoms with Crippen molar-refractivity contribution >= 4 is 35.6 Å². The number of halogens is 3. The summed E-state index contributed by atoms with van der Waals surface area (Å²) in [5, 5.41) is 9.77. The zero-order chi connectivity index (χ0) is 9.14. The predicted octanol–water partition coefficient (Wildman–Crippen LogP) is 2.41. The molecule has 0 aliphatic heterocycles. The lowest BCUT2D eigenvalue weighted by Gasteiger charge is -2.11. The third kappa shape index (κ3) is 3.01. The van der Waals surface area contributed by atoms with Crippen LogP contribution in [0.15, 0.2) is 18.2 Å². The minimum Gasteiger partial charge on any atom is -0.394 e. The monoisotopic (exact) mass is 241 g/mol. The van der Waals surface area contributed by atoms with Crippen molar-refractivity contribution in [2.45, 2.75) is 6.04 Å². The highest BCUT2D eigenvalue weighted by Crippen LogP contribution is 2.28. The first-order valence-corrected chi connectivity index (χ1v) is 4.22. The molecule has 5 heteroatoms. The fraction of sp³-hybridized carbons (Fsp3) is 0.250. The highest BCUT2D eigenvalue weighted by atomic mass is 35.5. The van der Waals surface area contributed by atoms with E-state index in [0.29, 0.717) is 15.6 Å². The van der Waals surface area contributed by atoms with Gasteiger partial charge in [0.05, 0.1) is 12.6 Å². The van der Waals surface area contributed by atoms with Gasteiger partial charge >= 0.3 is 0 Å². The van der Waals surface area contributed by atoms with Gasteiger partial charge < -0.3 is 10.8 Å². The van der Waals surface area contributed by atoms with Crippen LogP contribution in [-0.2, 0) is 0 Å². The molecule has 74 valence electrons. The van der Waals surface area contributed by atoms with E-state index in [9.17, 15) is 0 Å². The van der Waals surface area contributed by atoms with Crippen LogP contribution < -0.4 is 5.73 Å². The number of hydrogen-bond acceptors (Lipinski definition) is 2. The van der Waals surface area contributed by atoms with Crippen molar-refractivity contribution in [2.24, 2.45) is 5.73 Å². The van der Waals surface area contributed by atoms with E-state index in [1.807, 2.05) is 0 Å². The lowest BCUT2D eigenvalue weighted by molar-refractivity contribution is 0.268. The standard InChI is InChI=1S/C8H9Cl2NO.ClH/c9-5-2-1-3-6(10)8(5)7(11)4-12;/h1-3,7,12H,4,11H2;1H/t7-;/m0./s1. The second kappa shape index (κ2) is 5.68. The van der Waals surface area contributed by atoms with Crippen LogP contribution in [0.5, 0.6) is 0 Å². The van der Waals surface area contributed by atoms with Crippen LogP contribution >= 0.6 is 35.6 Å². The zero-order valence-electron chi connectivity index (χ0n) is 6.71. The maximum atomic E-state index is 8.79. The molecule has 2 nitrogen and oxygen atoms in total. The summed E-state index contributed by atoms with van der Waals surface area (Å²) in [7, 11) is 0. The van der Waals surface area contributed by atoms with Gasteiger partial charge in [0, 0.05) is 15.6 Å². The van der Waals surface area contributed by atoms with Gasteiger partial charge in [-0.05, 0) is 12.1 Å². The molecular formula is C8H10Cl3NO. The Morgan fingerprint density at radius 1 is 1.31 bits per heavy atom. The van der Waals surface area contributed by atoms with E-state index < -0.39 is 6.04 Å². The summed E-state index contributed by atoms with van der Waals surface area (Å²) in [6.45, 7) is -0.163. The molecule has 0 spiro atoms. The van der Waals surface area contributed by atoms with Crippen LogP contribution in [0.4, 0.5) is 0 Å². The molecule has 0 radical (unpaired) electrons. The minimum absolute atomic E-state index is 0. The number of rotatable bonds is 2. The maximum absolute atomic E-state index is 8.79. The summed E-state index contributed by atoms with van der Waals surface area (Å²) in [5.74, 6) is 0. The van der Waals surface area contributed by atoms with E-state index in [2.05, 4.69) is 0 Å². The van der Waals surface area contributed by atoms with E-state index in [4.69, 9.17) is 34.0 Å². The molecule has 1 rings (SSSR count). The summed E-state index contributed by atoms with van der Waals surface area (Å²) in [6, 6.07) is 4.61. The second-order valence-corrected chi connectivity index (χ2v) is 3.24. The third-order valence-corrected chi connectivity index (χ3v) is 2.23. The van der Waals surface area contributed by atoms with E-state index in [-0.39, 0.29) is 19.0 Å². The molecule has 0 aliphatic rings. The van der Waals surface area contributed by atoms with Crippen molar-refractivity contribution in [3.8, 4) is 0 Å². The van der Waals surface area contributed by atoms with Crippen molar-refractivity contribution in [3.05, 3.63) is 33.8 Å². The van der Waals surface area contributed by atoms with Crippen LogP contribution in [-0.4, -0.2) is 11.7 Å². The van der Waals surface area contributed by atoms with Gasteiger partial charge in [-0.25, -0.2) is 0 Å². The first kappa shape index (κ1) is 13.0. The average Bonchev–Trinajstić information content (AvgIpc) is 2.03. The highest BCUT2D eigenvalue weighted by Gasteiger charge is 2.12. The quantitative estimate of drug-likeness (QED) is 0.837. The van der Waals surface area contributed by atoms with E-state index in [0.717, 1.165) is 0 Å². The van der Waals surface area contributed by atoms with Crippen LogP contribution in [0.3, 0.4) is 0 Å². The van der Waals surface area contributed by atoms with Crippen LogP contribution in [0, 0.1) is 0 Å². The summed E-state index contributed by atoms with van der Waals surface area (Å²) >= 11 is 11.7. The minimum atomic E-state index is -0.508. The van der Waals surface area contributed by atoms with E-state index >= 15 is 0 Å². The molecule has 0 heterocycles. The summed E-state index contributed by atoms with van der Waals surface area (Å²) < 4.78 is 0. The summed E-state index contributed by atoms with van der Waals surface area (Å²) in [5.41, 5.74) is 6.18. The fourth-order valence-electron chi connectivity index (χ4n) is 0.956. The van der Waals surface area contributed by atoms with Gasteiger partial charge in [-0.2, -0.15) is 0 Å². The number of hydrogen-bond donors (Lipinski definition) is 2. The van der Waals surface area contributed by atoms with Crippen molar-refractivity contribution in [2.75, 3.05) is 6.61 Å². The van der Waals surface area contributed by atoms with Gasteiger partial charge in [-0.15, -0.1) is 12.4 Å². The van der Waals surface area contributed by atoms with Gasteiger partial charge in [0.15, 0.2) is 0 Å². The van der Waals surface area contributed by atoms with Gasteiger partial charge in [-0.1, -0.05) is 29.3 Å². The Morgan fingerprint density at radius 2 is 1.77 bits per heavy atom. The smallest absolute Gasteiger partial charge is 0.0625 e. The van der Waals surface area contributed by atoms with Gasteiger partial charge in [0.25, 0.3) is 0 Å². The Kier molecular flexibility index (Phi) is 5.68. The van der Waals surface area contributed by atoms with E-state index in [1.54, 1.807) is 18.2 Å². The van der Waals surface area contributed by atoms with Crippen molar-refractivity contribution in [1.82, 2.24) is 0 Å². The first-order chi connectivity index (χ1) is 5.66. The van der Waals surface area contributed by atoms with Crippen molar-refractivity contribution in [1.29, 1.82) is 0 Å². The fourth-order valence-corrected chi connectivity index (χ4v) is 1.63. The molecule has 0 aromatic heterocycles. The lowest BCUT2D eigenvalue weighted by Crippen LogP contribution is -2.15. The summed E-state index contributed by atoms with van der Waals surface area (Å²) in [6.07, 6.45) is 0. The van der Waals surface area contributed by atoms with Crippen LogP contribution in [0.2, 0.25) is 10.0 Å². The largest absolute Gasteiger partial charge is 0.394 e. The molecule has 13 heavy (non-hydrogen) atoms. The highest BCUT2D eigenvalue weighted by molar-refractivity contribution is 6.36. The molecule has 1 atom stereocenters. The SMILES string of the molecule is Cl.N[C@@H](CO)c1c(Cl)cccc1Cl. The number of aliphatic hydroxyl groups is 1. The Hall–Kier alpha value is 0.01000. The Balaban J connectivity index is 0.00000144. The Labute approximate surface area is 93.1 Å². The molecule has 0 unspecified atom stereocenters. The molecule has 0 aliphatic carbocycles. The molecule has 0 saturated heterocycles. The Morgan fingerprint density at radius 3 is 2.15 bits per heavy atom. The predicted molar refractivity (Wildman–Crippen MR) is 57.7 cm³/mol. The first-order valence-electron chi connectivity index (χ1n) is 3.47.